The van der Waals surface area contributed by atoms with E-state index in [1.807, 2.05) is 13.3 Å². The van der Waals surface area contributed by atoms with E-state index in [-0.39, 0.29) is 0 Å². The van der Waals surface area contributed by atoms with Crippen molar-refractivity contribution < 1.29 is 0 Å². The van der Waals surface area contributed by atoms with Gasteiger partial charge in [-0.2, -0.15) is 0 Å². The normalized spacial score (nSPS) is 27.5. The number of aryl methyl sites for hydroxylation is 2. The van der Waals surface area contributed by atoms with Crippen molar-refractivity contribution in [2.75, 3.05) is 5.32 Å². The largest absolute Gasteiger partial charge is 0.338 e. The van der Waals surface area contributed by atoms with E-state index in [0.29, 0.717) is 6.04 Å². The van der Waals surface area contributed by atoms with Crippen LogP contribution in [0, 0.1) is 31.6 Å². The molecule has 2 fully saturated rings. The van der Waals surface area contributed by atoms with Crippen molar-refractivity contribution in [3.63, 3.8) is 0 Å². The predicted molar refractivity (Wildman–Crippen MR) is 98.9 cm³/mol. The van der Waals surface area contributed by atoms with Crippen LogP contribution in [-0.4, -0.2) is 19.5 Å². The molecule has 3 aromatic rings. The van der Waals surface area contributed by atoms with Crippen LogP contribution < -0.4 is 5.32 Å². The van der Waals surface area contributed by atoms with E-state index >= 15 is 0 Å². The Morgan fingerprint density at radius 1 is 1.12 bits per heavy atom. The van der Waals surface area contributed by atoms with Crippen LogP contribution in [0.25, 0.3) is 11.2 Å². The van der Waals surface area contributed by atoms with Gasteiger partial charge < -0.3 is 9.88 Å². The number of rotatable bonds is 3. The van der Waals surface area contributed by atoms with E-state index in [9.17, 15) is 0 Å². The highest BCUT2D eigenvalue weighted by Gasteiger charge is 2.53. The SMILES string of the molecule is Cc1cccc(Nc2nc(C)nc3c2ncn3C2CC(C)C3CC32)c1. The first-order valence-corrected chi connectivity index (χ1v) is 9.15. The summed E-state index contributed by atoms with van der Waals surface area (Å²) in [5.41, 5.74) is 4.08. The first-order chi connectivity index (χ1) is 12.1. The average molecular weight is 333 g/mol. The Bertz CT molecular complexity index is 960. The van der Waals surface area contributed by atoms with Gasteiger partial charge in [0.05, 0.1) is 6.33 Å². The van der Waals surface area contributed by atoms with E-state index in [0.717, 1.165) is 46.2 Å². The molecular formula is C20H23N5. The van der Waals surface area contributed by atoms with Crippen LogP contribution in [0.3, 0.4) is 0 Å². The van der Waals surface area contributed by atoms with Crippen molar-refractivity contribution in [1.29, 1.82) is 0 Å². The Hall–Kier alpha value is -2.43. The molecule has 0 spiro atoms. The molecule has 4 unspecified atom stereocenters. The van der Waals surface area contributed by atoms with Gasteiger partial charge in [0.1, 0.15) is 5.82 Å². The molecular weight excluding hydrogens is 310 g/mol. The summed E-state index contributed by atoms with van der Waals surface area (Å²) in [6.45, 7) is 6.43. The molecule has 0 saturated heterocycles. The molecule has 5 nitrogen and oxygen atoms in total. The third-order valence-corrected chi connectivity index (χ3v) is 5.90. The van der Waals surface area contributed by atoms with Crippen molar-refractivity contribution in [2.45, 2.75) is 39.7 Å². The van der Waals surface area contributed by atoms with E-state index in [2.05, 4.69) is 58.0 Å². The number of imidazole rings is 1. The second-order valence-electron chi connectivity index (χ2n) is 7.78. The summed E-state index contributed by atoms with van der Waals surface area (Å²) in [6, 6.07) is 8.86. The summed E-state index contributed by atoms with van der Waals surface area (Å²) in [7, 11) is 0. The Labute approximate surface area is 147 Å². The summed E-state index contributed by atoms with van der Waals surface area (Å²) in [5.74, 6) is 4.12. The zero-order valence-corrected chi connectivity index (χ0v) is 14.9. The molecule has 2 saturated carbocycles. The molecule has 2 aliphatic rings. The Morgan fingerprint density at radius 2 is 2.00 bits per heavy atom. The highest BCUT2D eigenvalue weighted by Crippen LogP contribution is 2.60. The fourth-order valence-corrected chi connectivity index (χ4v) is 4.60. The van der Waals surface area contributed by atoms with Gasteiger partial charge in [0.2, 0.25) is 0 Å². The molecule has 5 rings (SSSR count). The fraction of sp³-hybridized carbons (Fsp3) is 0.450. The highest BCUT2D eigenvalue weighted by atomic mass is 15.2. The van der Waals surface area contributed by atoms with Gasteiger partial charge in [0, 0.05) is 11.7 Å². The van der Waals surface area contributed by atoms with Gasteiger partial charge in [-0.05, 0) is 62.1 Å². The molecule has 2 aliphatic carbocycles. The summed E-state index contributed by atoms with van der Waals surface area (Å²) >= 11 is 0. The number of benzene rings is 1. The predicted octanol–water partition coefficient (Wildman–Crippen LogP) is 4.40. The maximum absolute atomic E-state index is 4.73. The quantitative estimate of drug-likeness (QED) is 0.771. The molecule has 0 radical (unpaired) electrons. The van der Waals surface area contributed by atoms with Crippen molar-refractivity contribution in [2.24, 2.45) is 17.8 Å². The molecule has 2 heterocycles. The summed E-state index contributed by atoms with van der Waals surface area (Å²) < 4.78 is 2.31. The van der Waals surface area contributed by atoms with Crippen molar-refractivity contribution in [3.8, 4) is 0 Å². The first kappa shape index (κ1) is 14.9. The Balaban J connectivity index is 1.56. The van der Waals surface area contributed by atoms with Crippen LogP contribution in [0.4, 0.5) is 11.5 Å². The second kappa shape index (κ2) is 5.28. The van der Waals surface area contributed by atoms with E-state index in [1.54, 1.807) is 0 Å². The summed E-state index contributed by atoms with van der Waals surface area (Å²) in [4.78, 5) is 14.0. The van der Waals surface area contributed by atoms with Crippen LogP contribution in [0.2, 0.25) is 0 Å². The smallest absolute Gasteiger partial charge is 0.166 e. The third kappa shape index (κ3) is 2.41. The van der Waals surface area contributed by atoms with Crippen LogP contribution in [-0.2, 0) is 0 Å². The molecule has 1 N–H and O–H groups in total. The van der Waals surface area contributed by atoms with Gasteiger partial charge in [-0.25, -0.2) is 15.0 Å². The van der Waals surface area contributed by atoms with Gasteiger partial charge in [-0.3, -0.25) is 0 Å². The number of aromatic nitrogens is 4. The van der Waals surface area contributed by atoms with E-state index in [4.69, 9.17) is 4.98 Å². The lowest BCUT2D eigenvalue weighted by atomic mass is 10.0. The molecule has 0 bridgehead atoms. The molecule has 25 heavy (non-hydrogen) atoms. The molecule has 0 amide bonds. The number of anilines is 2. The minimum Gasteiger partial charge on any atom is -0.338 e. The molecule has 128 valence electrons. The van der Waals surface area contributed by atoms with Crippen LogP contribution >= 0.6 is 0 Å². The monoisotopic (exact) mass is 333 g/mol. The minimum absolute atomic E-state index is 0.547. The number of hydrogen-bond acceptors (Lipinski definition) is 4. The molecule has 0 aliphatic heterocycles. The lowest BCUT2D eigenvalue weighted by Crippen LogP contribution is -2.10. The van der Waals surface area contributed by atoms with Crippen molar-refractivity contribution in [3.05, 3.63) is 42.0 Å². The van der Waals surface area contributed by atoms with Crippen LogP contribution in [0.1, 0.15) is 37.2 Å². The van der Waals surface area contributed by atoms with Gasteiger partial charge >= 0.3 is 0 Å². The lowest BCUT2D eigenvalue weighted by molar-refractivity contribution is 0.428. The number of nitrogens with one attached hydrogen (secondary N) is 1. The summed E-state index contributed by atoms with van der Waals surface area (Å²) in [5, 5.41) is 3.44. The Morgan fingerprint density at radius 3 is 2.72 bits per heavy atom. The van der Waals surface area contributed by atoms with Crippen LogP contribution in [0.15, 0.2) is 30.6 Å². The van der Waals surface area contributed by atoms with Crippen molar-refractivity contribution in [1.82, 2.24) is 19.5 Å². The van der Waals surface area contributed by atoms with Crippen LogP contribution in [0.5, 0.6) is 0 Å². The maximum atomic E-state index is 4.73. The number of fused-ring (bicyclic) bond motifs is 2. The van der Waals surface area contributed by atoms with Gasteiger partial charge in [-0.15, -0.1) is 0 Å². The van der Waals surface area contributed by atoms with Crippen molar-refractivity contribution >= 4 is 22.7 Å². The highest BCUT2D eigenvalue weighted by molar-refractivity contribution is 5.85. The molecule has 2 aromatic heterocycles. The molecule has 1 aromatic carbocycles. The Kier molecular flexibility index (Phi) is 3.14. The molecule has 5 heteroatoms. The zero-order chi connectivity index (χ0) is 17.1. The fourth-order valence-electron chi connectivity index (χ4n) is 4.60. The van der Waals surface area contributed by atoms with Gasteiger partial charge in [-0.1, -0.05) is 19.1 Å². The second-order valence-corrected chi connectivity index (χ2v) is 7.78. The number of nitrogens with zero attached hydrogens (tertiary/aromatic N) is 4. The molecule has 4 atom stereocenters. The number of hydrogen-bond donors (Lipinski definition) is 1. The first-order valence-electron chi connectivity index (χ1n) is 9.15. The minimum atomic E-state index is 0.547. The lowest BCUT2D eigenvalue weighted by Gasteiger charge is -2.16. The third-order valence-electron chi connectivity index (χ3n) is 5.90. The zero-order valence-electron chi connectivity index (χ0n) is 14.9. The standard InChI is InChI=1S/C20H23N5/c1-11-5-4-6-14(7-11)24-19-18-20(23-13(3)22-19)25(10-21-18)17-8-12(2)15-9-16(15)17/h4-7,10,12,15-17H,8-9H2,1-3H3,(H,22,23,24). The average Bonchev–Trinajstić information content (AvgIpc) is 3.15. The van der Waals surface area contributed by atoms with Gasteiger partial charge in [0.25, 0.3) is 0 Å². The maximum Gasteiger partial charge on any atom is 0.166 e. The summed E-state index contributed by atoms with van der Waals surface area (Å²) in [6.07, 6.45) is 4.58. The topological polar surface area (TPSA) is 55.6 Å². The van der Waals surface area contributed by atoms with E-state index in [1.165, 1.54) is 18.4 Å². The van der Waals surface area contributed by atoms with Gasteiger partial charge in [0.15, 0.2) is 17.0 Å². The van der Waals surface area contributed by atoms with E-state index < -0.39 is 0 Å².